The van der Waals surface area contributed by atoms with Crippen LogP contribution in [0.1, 0.15) is 18.4 Å². The van der Waals surface area contributed by atoms with Gasteiger partial charge in [-0.1, -0.05) is 42.5 Å². The van der Waals surface area contributed by atoms with Gasteiger partial charge in [0, 0.05) is 36.4 Å². The highest BCUT2D eigenvalue weighted by Crippen LogP contribution is 2.29. The van der Waals surface area contributed by atoms with E-state index in [-0.39, 0.29) is 0 Å². The van der Waals surface area contributed by atoms with E-state index in [2.05, 4.69) is 52.3 Å². The molecule has 0 unspecified atom stereocenters. The van der Waals surface area contributed by atoms with Crippen molar-refractivity contribution in [1.82, 2.24) is 24.6 Å². The molecule has 0 N–H and O–H groups in total. The van der Waals surface area contributed by atoms with Crippen LogP contribution in [-0.2, 0) is 6.42 Å². The summed E-state index contributed by atoms with van der Waals surface area (Å²) < 4.78 is 1.93. The summed E-state index contributed by atoms with van der Waals surface area (Å²) in [5.74, 6) is 2.28. The zero-order valence-electron chi connectivity index (χ0n) is 17.8. The van der Waals surface area contributed by atoms with Gasteiger partial charge in [0.15, 0.2) is 11.5 Å². The van der Waals surface area contributed by atoms with Crippen LogP contribution in [0.15, 0.2) is 79.1 Å². The second-order valence-corrected chi connectivity index (χ2v) is 8.46. The number of hydrogen-bond acceptors (Lipinski definition) is 5. The topological polar surface area (TPSA) is 59.2 Å². The molecule has 32 heavy (non-hydrogen) atoms. The van der Waals surface area contributed by atoms with Crippen LogP contribution in [0.5, 0.6) is 0 Å². The number of para-hydroxylation sites is 1. The molecule has 0 atom stereocenters. The van der Waals surface area contributed by atoms with Gasteiger partial charge in [-0.3, -0.25) is 4.98 Å². The number of piperidine rings is 1. The average Bonchev–Trinajstić information content (AvgIpc) is 3.31. The van der Waals surface area contributed by atoms with Crippen molar-refractivity contribution in [3.8, 4) is 11.4 Å². The van der Waals surface area contributed by atoms with Crippen molar-refractivity contribution in [2.75, 3.05) is 18.0 Å². The molecular weight excluding hydrogens is 396 g/mol. The van der Waals surface area contributed by atoms with Crippen LogP contribution in [0.25, 0.3) is 27.9 Å². The van der Waals surface area contributed by atoms with Gasteiger partial charge in [0.1, 0.15) is 0 Å². The number of aromatic nitrogens is 5. The Balaban J connectivity index is 1.35. The number of hydrogen-bond donors (Lipinski definition) is 0. The normalized spacial score (nSPS) is 14.9. The lowest BCUT2D eigenvalue weighted by atomic mass is 9.90. The summed E-state index contributed by atoms with van der Waals surface area (Å²) in [4.78, 5) is 16.4. The van der Waals surface area contributed by atoms with E-state index < -0.39 is 0 Å². The van der Waals surface area contributed by atoms with E-state index in [1.807, 2.05) is 28.8 Å². The predicted octanol–water partition coefficient (Wildman–Crippen LogP) is 4.80. The van der Waals surface area contributed by atoms with E-state index in [0.29, 0.717) is 11.7 Å². The van der Waals surface area contributed by atoms with Crippen LogP contribution < -0.4 is 4.90 Å². The third-order valence-corrected chi connectivity index (χ3v) is 6.37. The first-order valence-corrected chi connectivity index (χ1v) is 11.2. The van der Waals surface area contributed by atoms with Gasteiger partial charge in [0.05, 0.1) is 5.52 Å². The highest BCUT2D eigenvalue weighted by molar-refractivity contribution is 5.92. The highest BCUT2D eigenvalue weighted by atomic mass is 15.4. The van der Waals surface area contributed by atoms with Crippen LogP contribution in [0, 0.1) is 5.92 Å². The Hall–Kier alpha value is -3.80. The largest absolute Gasteiger partial charge is 0.341 e. The summed E-state index contributed by atoms with van der Waals surface area (Å²) in [6, 6.07) is 22.9. The molecule has 4 heterocycles. The fraction of sp³-hybridized carbons (Fsp3) is 0.231. The van der Waals surface area contributed by atoms with Gasteiger partial charge in [-0.15, -0.1) is 5.10 Å². The fourth-order valence-corrected chi connectivity index (χ4v) is 4.65. The predicted molar refractivity (Wildman–Crippen MR) is 127 cm³/mol. The van der Waals surface area contributed by atoms with Gasteiger partial charge >= 0.3 is 0 Å². The Morgan fingerprint density at radius 2 is 1.56 bits per heavy atom. The summed E-state index contributed by atoms with van der Waals surface area (Å²) in [5, 5.41) is 5.89. The van der Waals surface area contributed by atoms with Crippen LogP contribution in [-0.4, -0.2) is 37.7 Å². The number of anilines is 1. The number of benzene rings is 2. The molecule has 0 amide bonds. The molecule has 1 aliphatic rings. The average molecular weight is 421 g/mol. The molecule has 0 saturated carbocycles. The van der Waals surface area contributed by atoms with Crippen molar-refractivity contribution in [3.05, 3.63) is 84.7 Å². The molecule has 6 nitrogen and oxygen atoms in total. The zero-order chi connectivity index (χ0) is 21.3. The molecular formula is C26H24N6. The number of rotatable bonds is 4. The summed E-state index contributed by atoms with van der Waals surface area (Å²) in [6.45, 7) is 1.95. The third kappa shape index (κ3) is 3.47. The van der Waals surface area contributed by atoms with E-state index in [1.54, 1.807) is 12.4 Å². The molecule has 5 aromatic rings. The lowest BCUT2D eigenvalue weighted by molar-refractivity contribution is 0.399. The number of pyridine rings is 1. The standard InChI is InChI=1S/C26H24N6/c1-2-6-19(7-3-1)18-20-12-16-31(17-13-20)26-28-23-9-5-4-8-22(23)25-29-24(30-32(25)26)21-10-14-27-15-11-21/h1-11,14-15,20H,12-13,16-18H2. The number of nitrogens with zero attached hydrogens (tertiary/aromatic N) is 6. The molecule has 1 aliphatic heterocycles. The van der Waals surface area contributed by atoms with Crippen molar-refractivity contribution >= 4 is 22.5 Å². The minimum atomic E-state index is 0.700. The molecule has 0 aliphatic carbocycles. The first-order valence-electron chi connectivity index (χ1n) is 11.2. The Kier molecular flexibility index (Phi) is 4.75. The van der Waals surface area contributed by atoms with Crippen LogP contribution in [0.3, 0.4) is 0 Å². The highest BCUT2D eigenvalue weighted by Gasteiger charge is 2.24. The molecule has 3 aromatic heterocycles. The van der Waals surface area contributed by atoms with Crippen LogP contribution in [0.4, 0.5) is 5.95 Å². The second kappa shape index (κ2) is 8.04. The molecule has 0 bridgehead atoms. The van der Waals surface area contributed by atoms with Gasteiger partial charge in [-0.25, -0.2) is 9.97 Å². The second-order valence-electron chi connectivity index (χ2n) is 8.46. The van der Waals surface area contributed by atoms with Crippen LogP contribution >= 0.6 is 0 Å². The summed E-state index contributed by atoms with van der Waals surface area (Å²) >= 11 is 0. The van der Waals surface area contributed by atoms with E-state index >= 15 is 0 Å². The molecule has 1 saturated heterocycles. The number of fused-ring (bicyclic) bond motifs is 3. The Morgan fingerprint density at radius 1 is 0.812 bits per heavy atom. The first-order chi connectivity index (χ1) is 15.8. The maximum atomic E-state index is 5.02. The SMILES string of the molecule is c1ccc(CC2CCN(c3nc4ccccc4c4nc(-c5ccncc5)nn34)CC2)cc1. The minimum absolute atomic E-state index is 0.700. The van der Waals surface area contributed by atoms with Gasteiger partial charge in [0.25, 0.3) is 0 Å². The lowest BCUT2D eigenvalue weighted by Crippen LogP contribution is -2.36. The Labute approximate surface area is 186 Å². The molecule has 6 rings (SSSR count). The van der Waals surface area contributed by atoms with Gasteiger partial charge in [-0.2, -0.15) is 4.52 Å². The molecule has 2 aromatic carbocycles. The minimum Gasteiger partial charge on any atom is -0.341 e. The fourth-order valence-electron chi connectivity index (χ4n) is 4.65. The smallest absolute Gasteiger partial charge is 0.229 e. The lowest BCUT2D eigenvalue weighted by Gasteiger charge is -2.32. The van der Waals surface area contributed by atoms with E-state index in [0.717, 1.165) is 60.4 Å². The van der Waals surface area contributed by atoms with Crippen molar-refractivity contribution in [2.45, 2.75) is 19.3 Å². The molecule has 1 fully saturated rings. The van der Waals surface area contributed by atoms with E-state index in [1.165, 1.54) is 5.56 Å². The quantitative estimate of drug-likeness (QED) is 0.418. The molecule has 6 heteroatoms. The maximum absolute atomic E-state index is 5.02. The van der Waals surface area contributed by atoms with Crippen LogP contribution in [0.2, 0.25) is 0 Å². The molecule has 0 spiro atoms. The van der Waals surface area contributed by atoms with Gasteiger partial charge in [0.2, 0.25) is 5.95 Å². The summed E-state index contributed by atoms with van der Waals surface area (Å²) in [6.07, 6.45) is 6.99. The Morgan fingerprint density at radius 3 is 2.38 bits per heavy atom. The third-order valence-electron chi connectivity index (χ3n) is 6.37. The monoisotopic (exact) mass is 420 g/mol. The maximum Gasteiger partial charge on any atom is 0.229 e. The summed E-state index contributed by atoms with van der Waals surface area (Å²) in [5.41, 5.74) is 4.19. The van der Waals surface area contributed by atoms with Crippen molar-refractivity contribution in [3.63, 3.8) is 0 Å². The van der Waals surface area contributed by atoms with E-state index in [9.17, 15) is 0 Å². The van der Waals surface area contributed by atoms with E-state index in [4.69, 9.17) is 15.1 Å². The molecule has 0 radical (unpaired) electrons. The Bertz CT molecular complexity index is 1360. The zero-order valence-corrected chi connectivity index (χ0v) is 17.8. The van der Waals surface area contributed by atoms with Crippen molar-refractivity contribution in [2.24, 2.45) is 5.92 Å². The van der Waals surface area contributed by atoms with Gasteiger partial charge < -0.3 is 4.90 Å². The van der Waals surface area contributed by atoms with Crippen molar-refractivity contribution in [1.29, 1.82) is 0 Å². The first kappa shape index (κ1) is 18.9. The summed E-state index contributed by atoms with van der Waals surface area (Å²) in [7, 11) is 0. The van der Waals surface area contributed by atoms with Crippen molar-refractivity contribution < 1.29 is 0 Å². The molecule has 158 valence electrons. The van der Waals surface area contributed by atoms with Gasteiger partial charge in [-0.05, 0) is 55.0 Å².